The summed E-state index contributed by atoms with van der Waals surface area (Å²) in [6, 6.07) is 7.82. The lowest BCUT2D eigenvalue weighted by atomic mass is 10.2. The van der Waals surface area contributed by atoms with Crippen molar-refractivity contribution < 1.29 is 18.1 Å². The van der Waals surface area contributed by atoms with E-state index in [0.717, 1.165) is 95.6 Å². The summed E-state index contributed by atoms with van der Waals surface area (Å²) < 4.78 is 24.5. The molecule has 4 N–H and O–H groups in total. The largest absolute Gasteiger partial charge is 0.467 e. The van der Waals surface area contributed by atoms with E-state index in [4.69, 9.17) is 63.5 Å². The Hall–Kier alpha value is -2.48. The number of nitrogens with zero attached hydrogens (tertiary/aromatic N) is 9. The van der Waals surface area contributed by atoms with E-state index < -0.39 is 0 Å². The van der Waals surface area contributed by atoms with Crippen molar-refractivity contribution in [2.45, 2.75) is 148 Å². The molecular formula is C53H95Br3Cl2N11OS2+3. The third-order valence-corrected chi connectivity index (χ3v) is 12.4. The van der Waals surface area contributed by atoms with Crippen LogP contribution >= 0.6 is 96.5 Å². The first-order valence-corrected chi connectivity index (χ1v) is 28.2. The maximum atomic E-state index is 5.41. The van der Waals surface area contributed by atoms with Crippen LogP contribution in [0.25, 0.3) is 0 Å². The van der Waals surface area contributed by atoms with Gasteiger partial charge in [-0.2, -0.15) is 0 Å². The Morgan fingerprint density at radius 3 is 1.22 bits per heavy atom. The van der Waals surface area contributed by atoms with Gasteiger partial charge in [0.15, 0.2) is 0 Å². The van der Waals surface area contributed by atoms with E-state index in [9.17, 15) is 0 Å². The number of rotatable bonds is 14. The standard InChI is InChI=1S/C15H22N3S.C9H17N2.C8H16N3.C7H8OS.C5H8N2.C4H9Br.C3H8BrN.CH2Cl2.CH4.BrH/c1-12-10-15(19)11-13(2)18(12)7-5-6-17-9-8-16(4)14(17)3;1-4-5-6-11-8-7-10(3)9(11)2;1-8-10(2)6-7-11(8)5-3-4-9;1-5-3-7(9)4-6(2)8-5;1-5-6-3-4-7(5)2;1-2-3-4-5;4-2-1-3-5;2-1-3;;/h8-11H,5-7H2,1-4H3;7-8H,4-6H2,1-3H3;6-7H,3-5,9H2,1-2H3;3-4H,1-2H3;3-4H,1-2H3;2-4H2,1H3;1-3,5H2;1H2;1H4;1H/q3*+1;;;;;;;. The van der Waals surface area contributed by atoms with Crippen molar-refractivity contribution in [1.82, 2.24) is 27.8 Å². The Balaban J connectivity index is -0.000000387. The first-order valence-electron chi connectivity index (χ1n) is 24.1. The van der Waals surface area contributed by atoms with Gasteiger partial charge in [0.1, 0.15) is 54.5 Å². The van der Waals surface area contributed by atoms with Gasteiger partial charge in [-0.15, -0.1) is 40.2 Å². The van der Waals surface area contributed by atoms with Crippen LogP contribution in [0.4, 0.5) is 0 Å². The van der Waals surface area contributed by atoms with Gasteiger partial charge >= 0.3 is 0 Å². The molecule has 0 atom stereocenters. The normalized spacial score (nSPS) is 9.61. The zero-order valence-corrected chi connectivity index (χ0v) is 53.6. The number of hydrogen-bond acceptors (Lipinski definition) is 6. The van der Waals surface area contributed by atoms with Crippen LogP contribution in [0.2, 0.25) is 0 Å². The first-order chi connectivity index (χ1) is 33.2. The lowest BCUT2D eigenvalue weighted by Gasteiger charge is -2.14. The second kappa shape index (κ2) is 47.0. The number of aromatic nitrogens is 9. The molecule has 6 heterocycles. The predicted octanol–water partition coefficient (Wildman–Crippen LogP) is 13.2. The fourth-order valence-corrected chi connectivity index (χ4v) is 7.70. The molecule has 412 valence electrons. The summed E-state index contributed by atoms with van der Waals surface area (Å²) in [6.07, 6.45) is 24.8. The van der Waals surface area contributed by atoms with Crippen molar-refractivity contribution in [3.8, 4) is 0 Å². The molecular weight excluding hydrogens is 1180 g/mol. The van der Waals surface area contributed by atoms with E-state index in [2.05, 4.69) is 181 Å². The van der Waals surface area contributed by atoms with Gasteiger partial charge in [0.2, 0.25) is 0 Å². The number of alkyl halides is 4. The van der Waals surface area contributed by atoms with Crippen molar-refractivity contribution in [3.05, 3.63) is 129 Å². The SMILES string of the molecule is Br.C.CCCCBr.CCCCn1cc[n+](C)c1C.Cc1cc(=S)cc(C)n1CCCn1cc[n+](C)c1C.Cc1cc(=S)cc(C)o1.Cc1n(CCCN)cc[n+]1C.Cc1nccn1C.ClCCl.NCCCBr. The van der Waals surface area contributed by atoms with Crippen LogP contribution in [0.3, 0.4) is 0 Å². The van der Waals surface area contributed by atoms with Crippen LogP contribution in [-0.4, -0.2) is 56.9 Å². The number of halogens is 5. The molecule has 72 heavy (non-hydrogen) atoms. The van der Waals surface area contributed by atoms with Crippen molar-refractivity contribution in [1.29, 1.82) is 0 Å². The maximum Gasteiger partial charge on any atom is 0.253 e. The smallest absolute Gasteiger partial charge is 0.253 e. The average molecular weight is 1280 g/mol. The van der Waals surface area contributed by atoms with E-state index in [1.54, 1.807) is 6.20 Å². The second-order valence-corrected chi connectivity index (χ2v) is 19.8. The van der Waals surface area contributed by atoms with Gasteiger partial charge in [0.25, 0.3) is 17.5 Å². The Kier molecular flexibility index (Phi) is 49.6. The maximum absolute atomic E-state index is 5.41. The second-order valence-electron chi connectivity index (χ2n) is 16.5. The van der Waals surface area contributed by atoms with E-state index in [-0.39, 0.29) is 29.7 Å². The number of hydrogen-bond donors (Lipinski definition) is 2. The number of pyridine rings is 1. The molecule has 0 unspecified atom stereocenters. The summed E-state index contributed by atoms with van der Waals surface area (Å²) in [5.41, 5.74) is 13.0. The summed E-state index contributed by atoms with van der Waals surface area (Å²) in [7, 11) is 8.19. The first kappa shape index (κ1) is 76.0. The van der Waals surface area contributed by atoms with Gasteiger partial charge in [0.05, 0.1) is 46.1 Å². The highest BCUT2D eigenvalue weighted by atomic mass is 79.9. The zero-order chi connectivity index (χ0) is 53.6. The molecule has 0 radical (unpaired) electrons. The Bertz CT molecular complexity index is 2230. The van der Waals surface area contributed by atoms with Gasteiger partial charge < -0.3 is 25.0 Å². The number of unbranched alkanes of at least 4 members (excludes halogenated alkanes) is 2. The predicted molar refractivity (Wildman–Crippen MR) is 326 cm³/mol. The topological polar surface area (TPSA) is 114 Å². The van der Waals surface area contributed by atoms with Crippen LogP contribution < -0.4 is 25.2 Å². The summed E-state index contributed by atoms with van der Waals surface area (Å²) >= 11 is 26.2. The fraction of sp³-hybridized carbons (Fsp3) is 0.585. The molecule has 0 saturated heterocycles. The summed E-state index contributed by atoms with van der Waals surface area (Å²) in [4.78, 5) is 3.98. The Morgan fingerprint density at radius 2 is 0.972 bits per heavy atom. The molecule has 0 aliphatic rings. The molecule has 6 aromatic rings. The Morgan fingerprint density at radius 1 is 0.597 bits per heavy atom. The van der Waals surface area contributed by atoms with E-state index >= 15 is 0 Å². The van der Waals surface area contributed by atoms with Crippen molar-refractivity contribution in [3.63, 3.8) is 0 Å². The summed E-state index contributed by atoms with van der Waals surface area (Å²) in [5.74, 6) is 6.70. The molecule has 0 amide bonds. The van der Waals surface area contributed by atoms with E-state index in [0.29, 0.717) is 0 Å². The molecule has 12 nitrogen and oxygen atoms in total. The number of imidazole rings is 4. The van der Waals surface area contributed by atoms with Crippen molar-refractivity contribution >= 4 is 96.5 Å². The minimum atomic E-state index is 0. The molecule has 0 bridgehead atoms. The molecule has 0 aliphatic carbocycles. The highest BCUT2D eigenvalue weighted by molar-refractivity contribution is 9.09. The summed E-state index contributed by atoms with van der Waals surface area (Å²) in [6.45, 7) is 26.7. The van der Waals surface area contributed by atoms with Crippen LogP contribution in [-0.2, 0) is 54.4 Å². The van der Waals surface area contributed by atoms with Crippen LogP contribution in [0.1, 0.15) is 112 Å². The van der Waals surface area contributed by atoms with Gasteiger partial charge in [-0.3, -0.25) is 0 Å². The molecule has 0 saturated carbocycles. The fourth-order valence-electron chi connectivity index (χ4n) is 6.14. The lowest BCUT2D eigenvalue weighted by Crippen LogP contribution is -2.29. The monoisotopic (exact) mass is 1270 g/mol. The van der Waals surface area contributed by atoms with Gasteiger partial charge in [0, 0.05) is 84.2 Å². The van der Waals surface area contributed by atoms with Crippen molar-refractivity contribution in [2.75, 3.05) is 29.1 Å². The zero-order valence-electron chi connectivity index (χ0n) is 45.6. The molecule has 6 rings (SSSR count). The van der Waals surface area contributed by atoms with Crippen molar-refractivity contribution in [2.24, 2.45) is 39.7 Å². The average Bonchev–Trinajstić information content (AvgIpc) is 4.04. The lowest BCUT2D eigenvalue weighted by molar-refractivity contribution is -0.677. The molecule has 0 aliphatic heterocycles. The molecule has 0 spiro atoms. The third kappa shape index (κ3) is 34.9. The Labute approximate surface area is 484 Å². The summed E-state index contributed by atoms with van der Waals surface area (Å²) in [5, 5.41) is 2.38. The highest BCUT2D eigenvalue weighted by Crippen LogP contribution is 2.09. The molecule has 6 aromatic heterocycles. The third-order valence-electron chi connectivity index (χ3n) is 10.8. The molecule has 0 aromatic carbocycles. The van der Waals surface area contributed by atoms with Crippen LogP contribution in [0.15, 0.2) is 78.3 Å². The van der Waals surface area contributed by atoms with Gasteiger partial charge in [-0.25, -0.2) is 32.4 Å². The van der Waals surface area contributed by atoms with E-state index in [1.165, 1.54) is 54.5 Å². The number of aryl methyl sites for hydroxylation is 12. The van der Waals surface area contributed by atoms with Gasteiger partial charge in [-0.1, -0.05) is 90.4 Å². The van der Waals surface area contributed by atoms with Crippen LogP contribution in [0, 0.1) is 64.4 Å². The molecule has 19 heteroatoms. The quantitative estimate of drug-likeness (QED) is 0.0638. The molecule has 0 fully saturated rings. The number of nitrogens with two attached hydrogens (primary N) is 2. The minimum Gasteiger partial charge on any atom is -0.467 e. The van der Waals surface area contributed by atoms with Crippen LogP contribution in [0.5, 0.6) is 0 Å². The highest BCUT2D eigenvalue weighted by Gasteiger charge is 2.09. The van der Waals surface area contributed by atoms with E-state index in [1.807, 2.05) is 57.8 Å². The minimum absolute atomic E-state index is 0. The van der Waals surface area contributed by atoms with Gasteiger partial charge in [-0.05, 0) is 97.7 Å².